The van der Waals surface area contributed by atoms with E-state index in [1.54, 1.807) is 14.2 Å². The van der Waals surface area contributed by atoms with E-state index >= 15 is 0 Å². The van der Waals surface area contributed by atoms with Gasteiger partial charge in [0, 0.05) is 11.5 Å². The summed E-state index contributed by atoms with van der Waals surface area (Å²) in [5, 5.41) is 3.42. The standard InChI is InChI=1S/C15H24N2O2/c1-17-14(15(10-16)7-4-8-15)11-5-6-12(18-2)13(9-11)19-3/h5-6,9,14,17H,4,7-8,10,16H2,1-3H3. The summed E-state index contributed by atoms with van der Waals surface area (Å²) in [4.78, 5) is 0. The summed E-state index contributed by atoms with van der Waals surface area (Å²) >= 11 is 0. The number of ether oxygens (including phenoxy) is 2. The molecule has 0 bridgehead atoms. The number of hydrogen-bond acceptors (Lipinski definition) is 4. The molecular formula is C15H24N2O2. The van der Waals surface area contributed by atoms with Crippen LogP contribution in [-0.2, 0) is 0 Å². The first-order valence-corrected chi connectivity index (χ1v) is 6.80. The van der Waals surface area contributed by atoms with Crippen LogP contribution < -0.4 is 20.5 Å². The summed E-state index contributed by atoms with van der Waals surface area (Å²) in [6.07, 6.45) is 3.63. The van der Waals surface area contributed by atoms with Crippen LogP contribution in [0.3, 0.4) is 0 Å². The van der Waals surface area contributed by atoms with E-state index in [-0.39, 0.29) is 11.5 Å². The molecule has 0 radical (unpaired) electrons. The molecule has 3 N–H and O–H groups in total. The lowest BCUT2D eigenvalue weighted by Gasteiger charge is -2.47. The van der Waals surface area contributed by atoms with Gasteiger partial charge in [0.15, 0.2) is 11.5 Å². The van der Waals surface area contributed by atoms with Crippen molar-refractivity contribution < 1.29 is 9.47 Å². The van der Waals surface area contributed by atoms with Gasteiger partial charge in [-0.05, 0) is 44.1 Å². The molecule has 4 nitrogen and oxygen atoms in total. The van der Waals surface area contributed by atoms with E-state index < -0.39 is 0 Å². The van der Waals surface area contributed by atoms with Gasteiger partial charge in [-0.25, -0.2) is 0 Å². The molecule has 0 amide bonds. The third-order valence-corrected chi connectivity index (χ3v) is 4.40. The van der Waals surface area contributed by atoms with Crippen molar-refractivity contribution in [2.45, 2.75) is 25.3 Å². The topological polar surface area (TPSA) is 56.5 Å². The second-order valence-corrected chi connectivity index (χ2v) is 5.26. The molecule has 1 aliphatic carbocycles. The first-order chi connectivity index (χ1) is 9.20. The molecule has 2 rings (SSSR count). The molecule has 1 aromatic carbocycles. The summed E-state index contributed by atoms with van der Waals surface area (Å²) in [6.45, 7) is 0.715. The first kappa shape index (κ1) is 14.2. The Hall–Kier alpha value is -1.26. The van der Waals surface area contributed by atoms with Gasteiger partial charge in [0.2, 0.25) is 0 Å². The van der Waals surface area contributed by atoms with E-state index in [4.69, 9.17) is 15.2 Å². The smallest absolute Gasteiger partial charge is 0.161 e. The summed E-state index contributed by atoms with van der Waals surface area (Å²) in [7, 11) is 5.32. The van der Waals surface area contributed by atoms with E-state index in [1.165, 1.54) is 24.8 Å². The summed E-state index contributed by atoms with van der Waals surface area (Å²) in [5.74, 6) is 1.53. The third kappa shape index (κ3) is 2.42. The SMILES string of the molecule is CNC(c1ccc(OC)c(OC)c1)C1(CN)CCC1. The highest BCUT2D eigenvalue weighted by Gasteiger charge is 2.43. The number of methoxy groups -OCH3 is 2. The molecular weight excluding hydrogens is 240 g/mol. The number of hydrogen-bond donors (Lipinski definition) is 2. The number of nitrogens with two attached hydrogens (primary N) is 1. The molecule has 0 aromatic heterocycles. The van der Waals surface area contributed by atoms with Crippen LogP contribution in [0, 0.1) is 5.41 Å². The number of benzene rings is 1. The Morgan fingerprint density at radius 3 is 2.37 bits per heavy atom. The minimum absolute atomic E-state index is 0.189. The van der Waals surface area contributed by atoms with E-state index in [9.17, 15) is 0 Å². The average Bonchev–Trinajstić information content (AvgIpc) is 2.42. The number of rotatable bonds is 6. The Bertz CT molecular complexity index is 425. The van der Waals surface area contributed by atoms with Crippen LogP contribution >= 0.6 is 0 Å². The summed E-state index contributed by atoms with van der Waals surface area (Å²) < 4.78 is 10.7. The van der Waals surface area contributed by atoms with Crippen LogP contribution in [-0.4, -0.2) is 27.8 Å². The molecule has 1 aromatic rings. The van der Waals surface area contributed by atoms with Gasteiger partial charge < -0.3 is 20.5 Å². The van der Waals surface area contributed by atoms with Gasteiger partial charge in [-0.3, -0.25) is 0 Å². The van der Waals surface area contributed by atoms with Crippen LogP contribution in [0.15, 0.2) is 18.2 Å². The predicted octanol–water partition coefficient (Wildman–Crippen LogP) is 2.09. The second-order valence-electron chi connectivity index (χ2n) is 5.26. The quantitative estimate of drug-likeness (QED) is 0.826. The highest BCUT2D eigenvalue weighted by molar-refractivity contribution is 5.44. The van der Waals surface area contributed by atoms with E-state index in [0.717, 1.165) is 11.5 Å². The largest absolute Gasteiger partial charge is 0.493 e. The van der Waals surface area contributed by atoms with Gasteiger partial charge in [0.05, 0.1) is 14.2 Å². The molecule has 4 heteroatoms. The highest BCUT2D eigenvalue weighted by Crippen LogP contribution is 2.50. The van der Waals surface area contributed by atoms with Crippen molar-refractivity contribution in [3.05, 3.63) is 23.8 Å². The lowest BCUT2D eigenvalue weighted by Crippen LogP contribution is -2.47. The minimum Gasteiger partial charge on any atom is -0.493 e. The molecule has 0 aliphatic heterocycles. The monoisotopic (exact) mass is 264 g/mol. The second kappa shape index (κ2) is 5.80. The fourth-order valence-corrected chi connectivity index (χ4v) is 3.10. The molecule has 0 heterocycles. The average molecular weight is 264 g/mol. The molecule has 1 fully saturated rings. The van der Waals surface area contributed by atoms with Crippen molar-refractivity contribution in [3.63, 3.8) is 0 Å². The molecule has 0 spiro atoms. The molecule has 106 valence electrons. The van der Waals surface area contributed by atoms with Gasteiger partial charge in [-0.1, -0.05) is 12.5 Å². The van der Waals surface area contributed by atoms with E-state index in [0.29, 0.717) is 6.54 Å². The zero-order valence-corrected chi connectivity index (χ0v) is 12.0. The van der Waals surface area contributed by atoms with Crippen LogP contribution in [0.5, 0.6) is 11.5 Å². The normalized spacial score (nSPS) is 18.5. The first-order valence-electron chi connectivity index (χ1n) is 6.80. The Morgan fingerprint density at radius 2 is 1.95 bits per heavy atom. The zero-order valence-electron chi connectivity index (χ0n) is 12.0. The molecule has 1 atom stereocenters. The lowest BCUT2D eigenvalue weighted by molar-refractivity contribution is 0.0878. The molecule has 1 unspecified atom stereocenters. The van der Waals surface area contributed by atoms with Crippen LogP contribution in [0.2, 0.25) is 0 Å². The van der Waals surface area contributed by atoms with Crippen molar-refractivity contribution in [2.75, 3.05) is 27.8 Å². The van der Waals surface area contributed by atoms with Crippen molar-refractivity contribution >= 4 is 0 Å². The molecule has 19 heavy (non-hydrogen) atoms. The summed E-state index contributed by atoms with van der Waals surface area (Å²) in [5.41, 5.74) is 7.42. The van der Waals surface area contributed by atoms with Crippen LogP contribution in [0.4, 0.5) is 0 Å². The minimum atomic E-state index is 0.189. The van der Waals surface area contributed by atoms with Crippen LogP contribution in [0.25, 0.3) is 0 Å². The molecule has 1 saturated carbocycles. The maximum absolute atomic E-state index is 6.01. The Labute approximate surface area is 115 Å². The maximum Gasteiger partial charge on any atom is 0.161 e. The fourth-order valence-electron chi connectivity index (χ4n) is 3.10. The Morgan fingerprint density at radius 1 is 1.26 bits per heavy atom. The zero-order chi connectivity index (χ0) is 13.9. The van der Waals surface area contributed by atoms with Gasteiger partial charge in [0.1, 0.15) is 0 Å². The molecule has 0 saturated heterocycles. The van der Waals surface area contributed by atoms with Crippen molar-refractivity contribution in [3.8, 4) is 11.5 Å². The molecule has 1 aliphatic rings. The Kier molecular flexibility index (Phi) is 4.32. The Balaban J connectivity index is 2.33. The predicted molar refractivity (Wildman–Crippen MR) is 76.7 cm³/mol. The van der Waals surface area contributed by atoms with Crippen molar-refractivity contribution in [1.82, 2.24) is 5.32 Å². The van der Waals surface area contributed by atoms with E-state index in [2.05, 4.69) is 17.4 Å². The van der Waals surface area contributed by atoms with Gasteiger partial charge >= 0.3 is 0 Å². The fraction of sp³-hybridized carbons (Fsp3) is 0.600. The van der Waals surface area contributed by atoms with Gasteiger partial charge in [0.25, 0.3) is 0 Å². The number of nitrogens with one attached hydrogen (secondary N) is 1. The van der Waals surface area contributed by atoms with E-state index in [1.807, 2.05) is 13.1 Å². The maximum atomic E-state index is 6.01. The van der Waals surface area contributed by atoms with Crippen molar-refractivity contribution in [1.29, 1.82) is 0 Å². The highest BCUT2D eigenvalue weighted by atomic mass is 16.5. The van der Waals surface area contributed by atoms with Gasteiger partial charge in [-0.15, -0.1) is 0 Å². The summed E-state index contributed by atoms with van der Waals surface area (Å²) in [6, 6.07) is 6.38. The third-order valence-electron chi connectivity index (χ3n) is 4.40. The van der Waals surface area contributed by atoms with Crippen molar-refractivity contribution in [2.24, 2.45) is 11.1 Å². The van der Waals surface area contributed by atoms with Crippen LogP contribution in [0.1, 0.15) is 30.9 Å². The lowest BCUT2D eigenvalue weighted by atomic mass is 9.62. The van der Waals surface area contributed by atoms with Gasteiger partial charge in [-0.2, -0.15) is 0 Å².